The molecule has 30 heavy (non-hydrogen) atoms. The van der Waals surface area contributed by atoms with Crippen molar-refractivity contribution in [1.29, 1.82) is 0 Å². The molecule has 7 nitrogen and oxygen atoms in total. The lowest BCUT2D eigenvalue weighted by atomic mass is 10.1. The summed E-state index contributed by atoms with van der Waals surface area (Å²) < 4.78 is 30.1. The van der Waals surface area contributed by atoms with E-state index >= 15 is 0 Å². The lowest BCUT2D eigenvalue weighted by Gasteiger charge is -2.14. The number of aliphatic carboxylic acids is 1. The molecule has 2 heterocycles. The summed E-state index contributed by atoms with van der Waals surface area (Å²) in [6.07, 6.45) is 3.44. The minimum atomic E-state index is -4.02. The Morgan fingerprint density at radius 3 is 2.40 bits per heavy atom. The number of fused-ring (bicyclic) bond motifs is 1. The summed E-state index contributed by atoms with van der Waals surface area (Å²) in [5.41, 5.74) is 0.953. The number of carbonyl (C=O) groups is 1. The van der Waals surface area contributed by atoms with E-state index in [1.807, 2.05) is 60.7 Å². The summed E-state index contributed by atoms with van der Waals surface area (Å²) >= 11 is 1.01. The molecule has 0 aliphatic heterocycles. The molecule has 0 bridgehead atoms. The molecule has 1 aliphatic carbocycles. The van der Waals surface area contributed by atoms with Gasteiger partial charge in [-0.25, -0.2) is 13.4 Å². The number of nitrogens with zero attached hydrogens (tertiary/aromatic N) is 2. The van der Waals surface area contributed by atoms with E-state index in [0.29, 0.717) is 4.96 Å². The molecule has 0 radical (unpaired) electrons. The highest BCUT2D eigenvalue weighted by Crippen LogP contribution is 2.52. The average Bonchev–Trinajstić information content (AvgIpc) is 3.10. The van der Waals surface area contributed by atoms with E-state index in [-0.39, 0.29) is 10.6 Å². The van der Waals surface area contributed by atoms with Crippen LogP contribution in [0.2, 0.25) is 0 Å². The Balaban J connectivity index is 1.44. The Bertz CT molecular complexity index is 1320. The van der Waals surface area contributed by atoms with Gasteiger partial charge in [-0.1, -0.05) is 72.0 Å². The van der Waals surface area contributed by atoms with E-state index in [2.05, 4.69) is 9.71 Å². The van der Waals surface area contributed by atoms with Crippen LogP contribution >= 0.6 is 11.3 Å². The topological polar surface area (TPSA) is 101 Å². The van der Waals surface area contributed by atoms with Crippen molar-refractivity contribution in [2.45, 2.75) is 22.1 Å². The third-order valence-electron chi connectivity index (χ3n) is 5.33. The fourth-order valence-corrected chi connectivity index (χ4v) is 6.31. The first kappa shape index (κ1) is 19.0. The Labute approximate surface area is 176 Å². The van der Waals surface area contributed by atoms with Gasteiger partial charge in [0.2, 0.25) is 0 Å². The van der Waals surface area contributed by atoms with Gasteiger partial charge in [0.25, 0.3) is 10.0 Å². The van der Waals surface area contributed by atoms with Gasteiger partial charge in [0.05, 0.1) is 5.69 Å². The first-order valence-electron chi connectivity index (χ1n) is 9.25. The number of aromatic nitrogens is 2. The summed E-state index contributed by atoms with van der Waals surface area (Å²) in [6, 6.07) is 18.7. The van der Waals surface area contributed by atoms with Crippen molar-refractivity contribution < 1.29 is 18.3 Å². The molecule has 1 fully saturated rings. The number of carboxylic acid groups (broad SMARTS) is 1. The molecule has 0 spiro atoms. The Kier molecular flexibility index (Phi) is 4.28. The van der Waals surface area contributed by atoms with Crippen LogP contribution in [-0.4, -0.2) is 34.4 Å². The molecule has 2 aromatic carbocycles. The molecular formula is C21H17N3O4S2. The van der Waals surface area contributed by atoms with E-state index in [4.69, 9.17) is 0 Å². The predicted octanol–water partition coefficient (Wildman–Crippen LogP) is 3.35. The second kappa shape index (κ2) is 6.76. The Hall–Kier alpha value is -3.01. The molecule has 0 amide bonds. The highest BCUT2D eigenvalue weighted by atomic mass is 32.2. The van der Waals surface area contributed by atoms with Crippen LogP contribution in [0.1, 0.15) is 17.9 Å². The van der Waals surface area contributed by atoms with Crippen LogP contribution < -0.4 is 4.72 Å². The highest BCUT2D eigenvalue weighted by molar-refractivity contribution is 7.91. The third-order valence-corrected chi connectivity index (χ3v) is 8.30. The molecule has 9 heteroatoms. The maximum Gasteiger partial charge on any atom is 0.325 e. The predicted molar refractivity (Wildman–Crippen MR) is 113 cm³/mol. The van der Waals surface area contributed by atoms with Crippen molar-refractivity contribution in [2.24, 2.45) is 0 Å². The van der Waals surface area contributed by atoms with Crippen molar-refractivity contribution in [2.75, 3.05) is 0 Å². The van der Waals surface area contributed by atoms with Crippen LogP contribution in [0.5, 0.6) is 0 Å². The molecule has 152 valence electrons. The van der Waals surface area contributed by atoms with Crippen molar-refractivity contribution in [3.05, 3.63) is 78.6 Å². The summed E-state index contributed by atoms with van der Waals surface area (Å²) in [5.74, 6) is -1.58. The quantitative estimate of drug-likeness (QED) is 0.480. The van der Waals surface area contributed by atoms with Crippen LogP contribution in [0.3, 0.4) is 0 Å². The maximum atomic E-state index is 13.0. The van der Waals surface area contributed by atoms with Gasteiger partial charge < -0.3 is 5.11 Å². The van der Waals surface area contributed by atoms with E-state index in [1.165, 1.54) is 6.20 Å². The van der Waals surface area contributed by atoms with Gasteiger partial charge in [-0.3, -0.25) is 9.20 Å². The van der Waals surface area contributed by atoms with Crippen molar-refractivity contribution in [3.63, 3.8) is 0 Å². The summed E-state index contributed by atoms with van der Waals surface area (Å²) in [7, 11) is -4.02. The number of imidazole rings is 1. The summed E-state index contributed by atoms with van der Waals surface area (Å²) in [6.45, 7) is 0. The summed E-state index contributed by atoms with van der Waals surface area (Å²) in [4.78, 5) is 17.0. The van der Waals surface area contributed by atoms with Crippen molar-refractivity contribution in [1.82, 2.24) is 14.1 Å². The first-order valence-corrected chi connectivity index (χ1v) is 11.6. The highest BCUT2D eigenvalue weighted by Gasteiger charge is 2.63. The fraction of sp³-hybridized carbons (Fsp3) is 0.143. The van der Waals surface area contributed by atoms with Gasteiger partial charge >= 0.3 is 5.97 Å². The number of carboxylic acids is 1. The fourth-order valence-electron chi connectivity index (χ4n) is 3.68. The monoisotopic (exact) mass is 439 g/mol. The maximum absolute atomic E-state index is 13.0. The SMILES string of the molecule is O=C(O)C1(NS(=O)(=O)c2cn3cc(-c4ccccc4)nc3s2)CC1c1ccccc1. The second-order valence-electron chi connectivity index (χ2n) is 7.28. The first-order chi connectivity index (χ1) is 14.4. The smallest absolute Gasteiger partial charge is 0.325 e. The minimum absolute atomic E-state index is 0.0314. The van der Waals surface area contributed by atoms with Gasteiger partial charge in [0, 0.05) is 23.9 Å². The van der Waals surface area contributed by atoms with Crippen LogP contribution in [-0.2, 0) is 14.8 Å². The largest absolute Gasteiger partial charge is 0.480 e. The number of rotatable bonds is 6. The van der Waals surface area contributed by atoms with Crippen molar-refractivity contribution in [3.8, 4) is 11.3 Å². The molecule has 2 aromatic heterocycles. The number of thiazole rings is 1. The number of sulfonamides is 1. The van der Waals surface area contributed by atoms with Crippen LogP contribution in [0, 0.1) is 0 Å². The minimum Gasteiger partial charge on any atom is -0.480 e. The van der Waals surface area contributed by atoms with E-state index < -0.39 is 27.4 Å². The zero-order chi connectivity index (χ0) is 20.9. The van der Waals surface area contributed by atoms with E-state index in [1.54, 1.807) is 10.6 Å². The molecule has 2 N–H and O–H groups in total. The van der Waals surface area contributed by atoms with E-state index in [9.17, 15) is 18.3 Å². The Morgan fingerprint density at radius 2 is 1.77 bits per heavy atom. The van der Waals surface area contributed by atoms with Crippen molar-refractivity contribution >= 4 is 32.3 Å². The normalized spacial score (nSPS) is 21.0. The lowest BCUT2D eigenvalue weighted by molar-refractivity contribution is -0.140. The number of benzene rings is 2. The van der Waals surface area contributed by atoms with Crippen LogP contribution in [0.25, 0.3) is 16.2 Å². The zero-order valence-electron chi connectivity index (χ0n) is 15.6. The molecule has 1 aliphatic rings. The van der Waals surface area contributed by atoms with Gasteiger partial charge in [0.15, 0.2) is 9.17 Å². The second-order valence-corrected chi connectivity index (χ2v) is 10.2. The lowest BCUT2D eigenvalue weighted by Crippen LogP contribution is -2.44. The zero-order valence-corrected chi connectivity index (χ0v) is 17.2. The molecular weight excluding hydrogens is 422 g/mol. The molecule has 5 rings (SSSR count). The number of hydrogen-bond donors (Lipinski definition) is 2. The van der Waals surface area contributed by atoms with Crippen LogP contribution in [0.15, 0.2) is 77.3 Å². The molecule has 4 aromatic rings. The standard InChI is InChI=1S/C21H17N3O4S2/c25-19(26)21(11-16(21)14-7-3-1-4-8-14)23-30(27,28)18-13-24-12-17(22-20(24)29-18)15-9-5-2-6-10-15/h1-10,12-13,16,23H,11H2,(H,25,26). The van der Waals surface area contributed by atoms with Crippen LogP contribution in [0.4, 0.5) is 0 Å². The number of hydrogen-bond acceptors (Lipinski definition) is 5. The van der Waals surface area contributed by atoms with E-state index in [0.717, 1.165) is 28.2 Å². The van der Waals surface area contributed by atoms with Gasteiger partial charge in [-0.05, 0) is 12.0 Å². The average molecular weight is 440 g/mol. The van der Waals surface area contributed by atoms with Gasteiger partial charge in [-0.15, -0.1) is 0 Å². The molecule has 2 unspecified atom stereocenters. The molecule has 2 atom stereocenters. The molecule has 1 saturated carbocycles. The molecule has 0 saturated heterocycles. The third kappa shape index (κ3) is 3.11. The number of nitrogens with one attached hydrogen (secondary N) is 1. The summed E-state index contributed by atoms with van der Waals surface area (Å²) in [5, 5.41) is 9.77. The Morgan fingerprint density at radius 1 is 1.10 bits per heavy atom. The van der Waals surface area contributed by atoms with Gasteiger partial charge in [-0.2, -0.15) is 4.72 Å². The van der Waals surface area contributed by atoms with Gasteiger partial charge in [0.1, 0.15) is 5.54 Å².